The van der Waals surface area contributed by atoms with Crippen LogP contribution >= 0.6 is 0 Å². The summed E-state index contributed by atoms with van der Waals surface area (Å²) >= 11 is 0. The third-order valence-corrected chi connectivity index (χ3v) is 12.4. The van der Waals surface area contributed by atoms with Crippen LogP contribution in [0.2, 0.25) is 0 Å². The number of nitrogens with one attached hydrogen (secondary N) is 2. The Bertz CT molecular complexity index is 779. The van der Waals surface area contributed by atoms with Gasteiger partial charge in [0, 0.05) is 18.5 Å². The van der Waals surface area contributed by atoms with Crippen molar-refractivity contribution in [1.82, 2.24) is 10.6 Å². The largest absolute Gasteiger partial charge is 0.338 e. The van der Waals surface area contributed by atoms with E-state index in [2.05, 4.69) is 10.6 Å². The van der Waals surface area contributed by atoms with Crippen LogP contribution in [0.25, 0.3) is 0 Å². The molecule has 8 fully saturated rings. The van der Waals surface area contributed by atoms with E-state index in [0.717, 1.165) is 66.7 Å². The zero-order chi connectivity index (χ0) is 28.7. The van der Waals surface area contributed by atoms with Gasteiger partial charge in [0.25, 0.3) is 0 Å². The zero-order valence-electron chi connectivity index (χ0n) is 27.0. The molecule has 2 amide bonds. The zero-order valence-corrected chi connectivity index (χ0v) is 27.0. The maximum atomic E-state index is 12.5. The van der Waals surface area contributed by atoms with Crippen LogP contribution in [0.4, 0.5) is 4.79 Å². The number of unbranched alkanes of at least 4 members (excludes halogenated alkanes) is 8. The average Bonchev–Trinajstić information content (AvgIpc) is 2.87. The molecule has 8 rings (SSSR count). The van der Waals surface area contributed by atoms with Crippen molar-refractivity contribution < 1.29 is 9.59 Å². The lowest BCUT2D eigenvalue weighted by Crippen LogP contribution is -2.61. The molecule has 4 nitrogen and oxygen atoms in total. The fraction of sp³-hybridized carbons (Fsp3) is 0.946. The van der Waals surface area contributed by atoms with E-state index < -0.39 is 0 Å². The highest BCUT2D eigenvalue weighted by Crippen LogP contribution is 2.61. The summed E-state index contributed by atoms with van der Waals surface area (Å²) in [5.74, 6) is 6.32. The quantitative estimate of drug-likeness (QED) is 0.193. The summed E-state index contributed by atoms with van der Waals surface area (Å²) in [6, 6.07) is 0.112. The molecule has 0 radical (unpaired) electrons. The number of amides is 2. The molecule has 8 saturated carbocycles. The topological polar surface area (TPSA) is 58.2 Å². The van der Waals surface area contributed by atoms with E-state index in [-0.39, 0.29) is 17.4 Å². The van der Waals surface area contributed by atoms with Crippen molar-refractivity contribution in [2.24, 2.45) is 40.9 Å². The van der Waals surface area contributed by atoms with Gasteiger partial charge in [0.2, 0.25) is 0 Å². The minimum Gasteiger partial charge on any atom is -0.338 e. The molecule has 234 valence electrons. The molecule has 0 aromatic rings. The number of ketones is 1. The normalized spacial score (nSPS) is 37.5. The molecule has 0 heterocycles. The molecule has 8 aliphatic rings. The van der Waals surface area contributed by atoms with Gasteiger partial charge in [0.15, 0.2) is 0 Å². The van der Waals surface area contributed by atoms with Crippen LogP contribution < -0.4 is 10.6 Å². The van der Waals surface area contributed by atoms with Gasteiger partial charge in [0.1, 0.15) is 5.78 Å². The molecule has 0 atom stereocenters. The number of Topliss-reactive ketones (excluding diaryl/α,β-unsaturated/α-hetero) is 1. The summed E-state index contributed by atoms with van der Waals surface area (Å²) in [7, 11) is 0. The first-order chi connectivity index (χ1) is 19.8. The lowest BCUT2D eigenvalue weighted by Gasteiger charge is -2.57. The number of rotatable bonds is 15. The fourth-order valence-corrected chi connectivity index (χ4v) is 11.6. The van der Waals surface area contributed by atoms with Gasteiger partial charge in [-0.1, -0.05) is 58.3 Å². The predicted molar refractivity (Wildman–Crippen MR) is 170 cm³/mol. The van der Waals surface area contributed by atoms with Crippen LogP contribution in [-0.4, -0.2) is 23.9 Å². The molecule has 8 bridgehead atoms. The smallest absolute Gasteiger partial charge is 0.315 e. The van der Waals surface area contributed by atoms with Crippen LogP contribution in [0.15, 0.2) is 0 Å². The first-order valence-electron chi connectivity index (χ1n) is 18.4. The molecule has 4 heteroatoms. The molecule has 41 heavy (non-hydrogen) atoms. The van der Waals surface area contributed by atoms with Crippen LogP contribution in [-0.2, 0) is 4.79 Å². The number of urea groups is 1. The number of carbonyl (C=O) groups excluding carboxylic acids is 2. The van der Waals surface area contributed by atoms with Gasteiger partial charge >= 0.3 is 6.03 Å². The van der Waals surface area contributed by atoms with Crippen molar-refractivity contribution in [2.45, 2.75) is 173 Å². The molecule has 0 aliphatic heterocycles. The van der Waals surface area contributed by atoms with E-state index in [1.807, 2.05) is 6.92 Å². The lowest BCUT2D eigenvalue weighted by atomic mass is 9.48. The highest BCUT2D eigenvalue weighted by Gasteiger charge is 2.52. The van der Waals surface area contributed by atoms with Crippen molar-refractivity contribution in [3.8, 4) is 0 Å². The van der Waals surface area contributed by atoms with Crippen LogP contribution in [0, 0.1) is 40.9 Å². The Morgan fingerprint density at radius 2 is 1.02 bits per heavy atom. The minimum atomic E-state index is 0.112. The standard InChI is InChI=1S/C32H54N2O.C5H10O/c35-30(34-32-21-27-15-28(22-32)17-29(16-27)23-32)33-11-9-7-5-3-1-2-4-6-8-10-31-18-24-12-25(19-31)14-26(13-24)20-31;1-3-4-5(2)6/h24-29H,1-23H2,(H2,33,34,35);3-4H2,1-2H3. The Kier molecular flexibility index (Phi) is 11.2. The molecular formula is C37H64N2O2. The van der Waals surface area contributed by atoms with E-state index in [1.54, 1.807) is 51.9 Å². The maximum Gasteiger partial charge on any atom is 0.315 e. The number of carbonyl (C=O) groups is 2. The molecule has 0 saturated heterocycles. The SMILES string of the molecule is CCCC(C)=O.O=C(NCCCCCCCCCCCC12CC3CC(CC(C3)C1)C2)NC12CC3CC(CC(C3)C1)C2. The Labute approximate surface area is 252 Å². The van der Waals surface area contributed by atoms with E-state index in [1.165, 1.54) is 89.9 Å². The van der Waals surface area contributed by atoms with Crippen molar-refractivity contribution in [3.05, 3.63) is 0 Å². The van der Waals surface area contributed by atoms with Crippen molar-refractivity contribution >= 4 is 11.8 Å². The average molecular weight is 569 g/mol. The Hall–Kier alpha value is -1.06. The maximum absolute atomic E-state index is 12.5. The van der Waals surface area contributed by atoms with Gasteiger partial charge in [-0.15, -0.1) is 0 Å². The van der Waals surface area contributed by atoms with Crippen molar-refractivity contribution in [2.75, 3.05) is 6.54 Å². The Morgan fingerprint density at radius 3 is 1.44 bits per heavy atom. The van der Waals surface area contributed by atoms with Gasteiger partial charge in [-0.2, -0.15) is 0 Å². The first-order valence-corrected chi connectivity index (χ1v) is 18.4. The Morgan fingerprint density at radius 1 is 0.610 bits per heavy atom. The molecule has 0 unspecified atom stereocenters. The van der Waals surface area contributed by atoms with Gasteiger partial charge in [-0.25, -0.2) is 4.79 Å². The highest BCUT2D eigenvalue weighted by molar-refractivity contribution is 5.75. The van der Waals surface area contributed by atoms with Gasteiger partial charge in [-0.3, -0.25) is 0 Å². The van der Waals surface area contributed by atoms with Gasteiger partial charge in [0.05, 0.1) is 0 Å². The third kappa shape index (κ3) is 8.98. The monoisotopic (exact) mass is 568 g/mol. The fourth-order valence-electron chi connectivity index (χ4n) is 11.6. The third-order valence-electron chi connectivity index (χ3n) is 12.4. The van der Waals surface area contributed by atoms with Crippen LogP contribution in [0.1, 0.15) is 168 Å². The molecule has 0 spiro atoms. The van der Waals surface area contributed by atoms with E-state index in [9.17, 15) is 9.59 Å². The second-order valence-corrected chi connectivity index (χ2v) is 16.4. The lowest BCUT2D eigenvalue weighted by molar-refractivity contribution is -0.117. The van der Waals surface area contributed by atoms with Crippen molar-refractivity contribution in [3.63, 3.8) is 0 Å². The van der Waals surface area contributed by atoms with Gasteiger partial charge in [-0.05, 0) is 144 Å². The summed E-state index contributed by atoms with van der Waals surface area (Å²) in [4.78, 5) is 22.6. The Balaban J connectivity index is 0.000000511. The minimum absolute atomic E-state index is 0.112. The van der Waals surface area contributed by atoms with E-state index in [0.29, 0.717) is 0 Å². The molecule has 0 aromatic carbocycles. The summed E-state index contributed by atoms with van der Waals surface area (Å²) in [5.41, 5.74) is 0.947. The second-order valence-electron chi connectivity index (χ2n) is 16.4. The predicted octanol–water partition coefficient (Wildman–Crippen LogP) is 9.75. The molecule has 2 N–H and O–H groups in total. The van der Waals surface area contributed by atoms with Crippen LogP contribution in [0.3, 0.4) is 0 Å². The first kappa shape index (κ1) is 31.4. The summed E-state index contributed by atoms with van der Waals surface area (Å²) in [5, 5.41) is 6.63. The van der Waals surface area contributed by atoms with E-state index >= 15 is 0 Å². The molecular weight excluding hydrogens is 504 g/mol. The van der Waals surface area contributed by atoms with Crippen molar-refractivity contribution in [1.29, 1.82) is 0 Å². The summed E-state index contributed by atoms with van der Waals surface area (Å²) < 4.78 is 0. The van der Waals surface area contributed by atoms with E-state index in [4.69, 9.17) is 0 Å². The summed E-state index contributed by atoms with van der Waals surface area (Å²) in [6.07, 6.45) is 33.3. The summed E-state index contributed by atoms with van der Waals surface area (Å²) in [6.45, 7) is 4.47. The highest BCUT2D eigenvalue weighted by atomic mass is 16.2. The second kappa shape index (κ2) is 14.6. The molecule has 8 aliphatic carbocycles. The number of hydrogen-bond acceptors (Lipinski definition) is 2. The molecule has 0 aromatic heterocycles. The van der Waals surface area contributed by atoms with Gasteiger partial charge < -0.3 is 15.4 Å². The van der Waals surface area contributed by atoms with Crippen LogP contribution in [0.5, 0.6) is 0 Å². The number of hydrogen-bond donors (Lipinski definition) is 2.